The Morgan fingerprint density at radius 3 is 2.42 bits per heavy atom. The van der Waals surface area contributed by atoms with E-state index in [2.05, 4.69) is 5.32 Å². The van der Waals surface area contributed by atoms with Crippen LogP contribution in [0, 0.1) is 5.82 Å². The monoisotopic (exact) mass is 265 g/mol. The lowest BCUT2D eigenvalue weighted by atomic mass is 10.2. The number of hydrogen-bond donors (Lipinski definition) is 1. The van der Waals surface area contributed by atoms with E-state index in [0.29, 0.717) is 32.7 Å². The minimum absolute atomic E-state index is 0.158. The van der Waals surface area contributed by atoms with Crippen LogP contribution in [0.5, 0.6) is 0 Å². The molecule has 1 fully saturated rings. The smallest absolute Gasteiger partial charge is 0.317 e. The maximum atomic E-state index is 12.7. The molecule has 0 atom stereocenters. The van der Waals surface area contributed by atoms with E-state index in [4.69, 9.17) is 0 Å². The molecule has 1 aliphatic rings. The maximum Gasteiger partial charge on any atom is 0.317 e. The third kappa shape index (κ3) is 3.67. The van der Waals surface area contributed by atoms with Gasteiger partial charge < -0.3 is 15.1 Å². The third-order valence-corrected chi connectivity index (χ3v) is 3.11. The molecule has 1 saturated heterocycles. The van der Waals surface area contributed by atoms with Crippen molar-refractivity contribution >= 4 is 12.4 Å². The molecule has 3 amide bonds. The minimum atomic E-state index is -0.292. The van der Waals surface area contributed by atoms with Gasteiger partial charge in [-0.3, -0.25) is 4.79 Å². The van der Waals surface area contributed by atoms with Gasteiger partial charge >= 0.3 is 6.03 Å². The SMILES string of the molecule is O=CN1CCN(C(=O)NCc2ccc(F)cc2)CC1. The molecule has 0 radical (unpaired) electrons. The van der Waals surface area contributed by atoms with Crippen molar-refractivity contribution in [1.29, 1.82) is 0 Å². The van der Waals surface area contributed by atoms with Crippen molar-refractivity contribution in [3.63, 3.8) is 0 Å². The van der Waals surface area contributed by atoms with Gasteiger partial charge in [0.2, 0.25) is 6.41 Å². The number of benzene rings is 1. The van der Waals surface area contributed by atoms with Gasteiger partial charge in [0.25, 0.3) is 0 Å². The summed E-state index contributed by atoms with van der Waals surface area (Å²) in [6.07, 6.45) is 0.799. The standard InChI is InChI=1S/C13H16FN3O2/c14-12-3-1-11(2-4-12)9-15-13(19)17-7-5-16(10-18)6-8-17/h1-4,10H,5-9H2,(H,15,19). The topological polar surface area (TPSA) is 52.7 Å². The van der Waals surface area contributed by atoms with E-state index in [1.54, 1.807) is 21.9 Å². The summed E-state index contributed by atoms with van der Waals surface area (Å²) in [5.74, 6) is -0.292. The Balaban J connectivity index is 1.78. The van der Waals surface area contributed by atoms with Crippen LogP contribution >= 0.6 is 0 Å². The first-order chi connectivity index (χ1) is 9.19. The summed E-state index contributed by atoms with van der Waals surface area (Å²) in [5.41, 5.74) is 0.848. The molecule has 19 heavy (non-hydrogen) atoms. The first-order valence-electron chi connectivity index (χ1n) is 6.15. The van der Waals surface area contributed by atoms with Crippen molar-refractivity contribution < 1.29 is 14.0 Å². The van der Waals surface area contributed by atoms with Crippen LogP contribution in [0.25, 0.3) is 0 Å². The van der Waals surface area contributed by atoms with Gasteiger partial charge in [-0.25, -0.2) is 9.18 Å². The van der Waals surface area contributed by atoms with Crippen molar-refractivity contribution in [1.82, 2.24) is 15.1 Å². The fourth-order valence-corrected chi connectivity index (χ4v) is 1.92. The fourth-order valence-electron chi connectivity index (χ4n) is 1.92. The predicted octanol–water partition coefficient (Wildman–Crippen LogP) is 0.809. The zero-order chi connectivity index (χ0) is 13.7. The van der Waals surface area contributed by atoms with Crippen molar-refractivity contribution in [3.05, 3.63) is 35.6 Å². The normalized spacial score (nSPS) is 15.2. The van der Waals surface area contributed by atoms with Crippen LogP contribution in [0.15, 0.2) is 24.3 Å². The van der Waals surface area contributed by atoms with Crippen LogP contribution in [0.1, 0.15) is 5.56 Å². The van der Waals surface area contributed by atoms with Crippen molar-refractivity contribution in [3.8, 4) is 0 Å². The molecule has 5 nitrogen and oxygen atoms in total. The Morgan fingerprint density at radius 1 is 1.21 bits per heavy atom. The van der Waals surface area contributed by atoms with Crippen LogP contribution in [-0.2, 0) is 11.3 Å². The number of nitrogens with one attached hydrogen (secondary N) is 1. The van der Waals surface area contributed by atoms with E-state index in [-0.39, 0.29) is 11.8 Å². The van der Waals surface area contributed by atoms with Crippen LogP contribution in [0.2, 0.25) is 0 Å². The number of hydrogen-bond acceptors (Lipinski definition) is 2. The van der Waals surface area contributed by atoms with Gasteiger partial charge in [-0.05, 0) is 17.7 Å². The molecule has 1 heterocycles. The summed E-state index contributed by atoms with van der Waals surface area (Å²) >= 11 is 0. The average molecular weight is 265 g/mol. The Kier molecular flexibility index (Phi) is 4.33. The van der Waals surface area contributed by atoms with E-state index in [1.807, 2.05) is 0 Å². The van der Waals surface area contributed by atoms with Gasteiger partial charge in [0, 0.05) is 32.7 Å². The summed E-state index contributed by atoms with van der Waals surface area (Å²) in [7, 11) is 0. The second kappa shape index (κ2) is 6.17. The summed E-state index contributed by atoms with van der Waals surface area (Å²) in [5, 5.41) is 2.78. The number of nitrogens with zero attached hydrogens (tertiary/aromatic N) is 2. The second-order valence-electron chi connectivity index (χ2n) is 4.41. The predicted molar refractivity (Wildman–Crippen MR) is 67.8 cm³/mol. The van der Waals surface area contributed by atoms with E-state index < -0.39 is 0 Å². The minimum Gasteiger partial charge on any atom is -0.342 e. The highest BCUT2D eigenvalue weighted by atomic mass is 19.1. The molecule has 0 bridgehead atoms. The zero-order valence-corrected chi connectivity index (χ0v) is 10.5. The van der Waals surface area contributed by atoms with E-state index in [1.165, 1.54) is 12.1 Å². The molecule has 0 aliphatic carbocycles. The number of urea groups is 1. The lowest BCUT2D eigenvalue weighted by Crippen LogP contribution is -2.51. The highest BCUT2D eigenvalue weighted by Crippen LogP contribution is 2.04. The Bertz CT molecular complexity index is 442. The quantitative estimate of drug-likeness (QED) is 0.822. The highest BCUT2D eigenvalue weighted by Gasteiger charge is 2.19. The molecule has 2 rings (SSSR count). The molecule has 1 aromatic rings. The van der Waals surface area contributed by atoms with Crippen LogP contribution < -0.4 is 5.32 Å². The van der Waals surface area contributed by atoms with E-state index >= 15 is 0 Å². The van der Waals surface area contributed by atoms with Crippen LogP contribution in [0.3, 0.4) is 0 Å². The summed E-state index contributed by atoms with van der Waals surface area (Å²) < 4.78 is 12.7. The zero-order valence-electron chi connectivity index (χ0n) is 10.5. The van der Waals surface area contributed by atoms with Gasteiger partial charge in [-0.1, -0.05) is 12.1 Å². The fraction of sp³-hybridized carbons (Fsp3) is 0.385. The van der Waals surface area contributed by atoms with Crippen molar-refractivity contribution in [2.24, 2.45) is 0 Å². The summed E-state index contributed by atoms with van der Waals surface area (Å²) in [6.45, 7) is 2.57. The van der Waals surface area contributed by atoms with Gasteiger partial charge in [-0.15, -0.1) is 0 Å². The summed E-state index contributed by atoms with van der Waals surface area (Å²) in [6, 6.07) is 5.85. The van der Waals surface area contributed by atoms with E-state index in [0.717, 1.165) is 12.0 Å². The molecule has 6 heteroatoms. The molecule has 0 saturated carbocycles. The Labute approximate surface area is 111 Å². The molecule has 102 valence electrons. The number of piperazine rings is 1. The van der Waals surface area contributed by atoms with Gasteiger partial charge in [-0.2, -0.15) is 0 Å². The highest BCUT2D eigenvalue weighted by molar-refractivity contribution is 5.74. The molecule has 1 aromatic carbocycles. The van der Waals surface area contributed by atoms with Gasteiger partial charge in [0.05, 0.1) is 0 Å². The Morgan fingerprint density at radius 2 is 1.84 bits per heavy atom. The van der Waals surface area contributed by atoms with Crippen molar-refractivity contribution in [2.75, 3.05) is 26.2 Å². The molecule has 1 N–H and O–H groups in total. The lowest BCUT2D eigenvalue weighted by molar-refractivity contribution is -0.119. The first kappa shape index (κ1) is 13.3. The molecular weight excluding hydrogens is 249 g/mol. The summed E-state index contributed by atoms with van der Waals surface area (Å²) in [4.78, 5) is 25.7. The Hall–Kier alpha value is -2.11. The molecule has 0 spiro atoms. The molecule has 1 aliphatic heterocycles. The largest absolute Gasteiger partial charge is 0.342 e. The molecular formula is C13H16FN3O2. The van der Waals surface area contributed by atoms with E-state index in [9.17, 15) is 14.0 Å². The number of halogens is 1. The number of amides is 3. The van der Waals surface area contributed by atoms with Crippen molar-refractivity contribution in [2.45, 2.75) is 6.54 Å². The molecule has 0 aromatic heterocycles. The van der Waals surface area contributed by atoms with Crippen LogP contribution in [0.4, 0.5) is 9.18 Å². The number of carbonyl (C=O) groups is 2. The average Bonchev–Trinajstić information content (AvgIpc) is 2.46. The van der Waals surface area contributed by atoms with Gasteiger partial charge in [0.15, 0.2) is 0 Å². The number of carbonyl (C=O) groups excluding carboxylic acids is 2. The number of rotatable bonds is 3. The van der Waals surface area contributed by atoms with Crippen LogP contribution in [-0.4, -0.2) is 48.4 Å². The lowest BCUT2D eigenvalue weighted by Gasteiger charge is -2.32. The maximum absolute atomic E-state index is 12.7. The van der Waals surface area contributed by atoms with Gasteiger partial charge in [0.1, 0.15) is 5.82 Å². The first-order valence-corrected chi connectivity index (χ1v) is 6.15. The molecule has 0 unspecified atom stereocenters. The second-order valence-corrected chi connectivity index (χ2v) is 4.41. The third-order valence-electron chi connectivity index (χ3n) is 3.11.